The largest absolute Gasteiger partial charge is 0.343 e. The molecule has 2 aromatic heterocycles. The summed E-state index contributed by atoms with van der Waals surface area (Å²) in [6.07, 6.45) is 1.34. The van der Waals surface area contributed by atoms with Crippen molar-refractivity contribution in [1.82, 2.24) is 15.5 Å². The molecule has 19 heavy (non-hydrogen) atoms. The van der Waals surface area contributed by atoms with Crippen LogP contribution in [0.25, 0.3) is 10.4 Å². The first kappa shape index (κ1) is 12.1. The van der Waals surface area contributed by atoms with Crippen LogP contribution in [-0.2, 0) is 13.1 Å². The zero-order valence-electron chi connectivity index (χ0n) is 10.2. The molecule has 0 unspecified atom stereocenters. The van der Waals surface area contributed by atoms with Gasteiger partial charge in [0.05, 0.1) is 6.54 Å². The van der Waals surface area contributed by atoms with E-state index in [1.165, 1.54) is 21.7 Å². The molecule has 0 aliphatic heterocycles. The number of thiophene rings is 1. The van der Waals surface area contributed by atoms with E-state index >= 15 is 0 Å². The molecule has 0 amide bonds. The number of benzene rings is 1. The topological polar surface area (TPSA) is 51.0 Å². The molecule has 1 N–H and O–H groups in total. The maximum atomic E-state index is 4.68. The van der Waals surface area contributed by atoms with E-state index in [1.807, 2.05) is 6.07 Å². The summed E-state index contributed by atoms with van der Waals surface area (Å²) in [5.41, 5.74) is 1.26. The van der Waals surface area contributed by atoms with Gasteiger partial charge < -0.3 is 9.84 Å². The van der Waals surface area contributed by atoms with Crippen LogP contribution in [0.5, 0.6) is 0 Å². The lowest BCUT2D eigenvalue weighted by Crippen LogP contribution is -2.12. The first-order chi connectivity index (χ1) is 9.42. The smallest absolute Gasteiger partial charge is 0.213 e. The van der Waals surface area contributed by atoms with Crippen molar-refractivity contribution in [2.24, 2.45) is 0 Å². The Hall–Kier alpha value is -1.98. The average Bonchev–Trinajstić information content (AvgIpc) is 3.11. The molecule has 4 nitrogen and oxygen atoms in total. The van der Waals surface area contributed by atoms with Gasteiger partial charge in [0, 0.05) is 16.3 Å². The maximum absolute atomic E-state index is 4.68. The Labute approximate surface area is 115 Å². The minimum absolute atomic E-state index is 0.620. The third-order valence-corrected chi connectivity index (χ3v) is 3.84. The predicted octanol–water partition coefficient (Wildman–Crippen LogP) is 3.09. The highest BCUT2D eigenvalue weighted by molar-refractivity contribution is 7.15. The van der Waals surface area contributed by atoms with Gasteiger partial charge in [0.2, 0.25) is 6.39 Å². The Morgan fingerprint density at radius 3 is 2.74 bits per heavy atom. The number of rotatable bonds is 5. The van der Waals surface area contributed by atoms with E-state index < -0.39 is 0 Å². The van der Waals surface area contributed by atoms with Crippen LogP contribution < -0.4 is 5.32 Å². The van der Waals surface area contributed by atoms with Crippen LogP contribution in [0, 0.1) is 0 Å². The molecule has 0 spiro atoms. The molecule has 0 bridgehead atoms. The van der Waals surface area contributed by atoms with Gasteiger partial charge >= 0.3 is 0 Å². The number of hydrogen-bond donors (Lipinski definition) is 1. The highest BCUT2D eigenvalue weighted by Crippen LogP contribution is 2.27. The van der Waals surface area contributed by atoms with Gasteiger partial charge in [-0.15, -0.1) is 11.3 Å². The van der Waals surface area contributed by atoms with Gasteiger partial charge in [-0.3, -0.25) is 0 Å². The number of aromatic nitrogens is 2. The van der Waals surface area contributed by atoms with Gasteiger partial charge in [0.1, 0.15) is 0 Å². The van der Waals surface area contributed by atoms with E-state index in [0.717, 1.165) is 6.54 Å². The van der Waals surface area contributed by atoms with Crippen molar-refractivity contribution in [1.29, 1.82) is 0 Å². The Bertz CT molecular complexity index is 619. The van der Waals surface area contributed by atoms with Crippen molar-refractivity contribution in [2.75, 3.05) is 0 Å². The molecule has 0 aliphatic rings. The van der Waals surface area contributed by atoms with Crippen LogP contribution in [0.4, 0.5) is 0 Å². The minimum atomic E-state index is 0.620. The van der Waals surface area contributed by atoms with Crippen molar-refractivity contribution in [2.45, 2.75) is 13.1 Å². The van der Waals surface area contributed by atoms with Crippen molar-refractivity contribution >= 4 is 11.3 Å². The van der Waals surface area contributed by atoms with E-state index in [9.17, 15) is 0 Å². The molecular weight excluding hydrogens is 258 g/mol. The Morgan fingerprint density at radius 1 is 1.05 bits per heavy atom. The van der Waals surface area contributed by atoms with Crippen LogP contribution in [0.2, 0.25) is 0 Å². The van der Waals surface area contributed by atoms with E-state index in [4.69, 9.17) is 0 Å². The predicted molar refractivity (Wildman–Crippen MR) is 74.6 cm³/mol. The lowest BCUT2D eigenvalue weighted by atomic mass is 10.2. The molecule has 0 fully saturated rings. The van der Waals surface area contributed by atoms with Crippen molar-refractivity contribution in [3.8, 4) is 10.4 Å². The molecular formula is C14H13N3OS. The quantitative estimate of drug-likeness (QED) is 0.774. The molecule has 96 valence electrons. The average molecular weight is 271 g/mol. The molecule has 0 aliphatic carbocycles. The Morgan fingerprint density at radius 2 is 1.95 bits per heavy atom. The molecule has 0 atom stereocenters. The van der Waals surface area contributed by atoms with Gasteiger partial charge in [0.25, 0.3) is 0 Å². The Kier molecular flexibility index (Phi) is 3.67. The minimum Gasteiger partial charge on any atom is -0.343 e. The molecule has 5 heteroatoms. The van der Waals surface area contributed by atoms with Gasteiger partial charge in [-0.2, -0.15) is 4.98 Å². The molecule has 1 aromatic carbocycles. The third kappa shape index (κ3) is 3.07. The standard InChI is InChI=1S/C14H13N3OS/c1-2-4-11(5-3-1)13-7-6-12(19-13)8-15-9-14-16-10-18-17-14/h1-7,10,15H,8-9H2. The van der Waals surface area contributed by atoms with Crippen LogP contribution >= 0.6 is 11.3 Å². The summed E-state index contributed by atoms with van der Waals surface area (Å²) in [5.74, 6) is 0.680. The van der Waals surface area contributed by atoms with Crippen molar-refractivity contribution in [3.05, 3.63) is 59.6 Å². The number of hydrogen-bond acceptors (Lipinski definition) is 5. The summed E-state index contributed by atoms with van der Waals surface area (Å²) in [5, 5.41) is 7.05. The fraction of sp³-hybridized carbons (Fsp3) is 0.143. The summed E-state index contributed by atoms with van der Waals surface area (Å²) >= 11 is 1.80. The third-order valence-electron chi connectivity index (χ3n) is 2.71. The van der Waals surface area contributed by atoms with E-state index in [1.54, 1.807) is 11.3 Å². The van der Waals surface area contributed by atoms with Crippen LogP contribution in [0.1, 0.15) is 10.7 Å². The first-order valence-corrected chi connectivity index (χ1v) is 6.83. The molecule has 3 aromatic rings. The first-order valence-electron chi connectivity index (χ1n) is 6.02. The van der Waals surface area contributed by atoms with Crippen LogP contribution in [0.3, 0.4) is 0 Å². The summed E-state index contributed by atoms with van der Waals surface area (Å²) in [4.78, 5) is 6.55. The summed E-state index contributed by atoms with van der Waals surface area (Å²) in [6.45, 7) is 1.43. The summed E-state index contributed by atoms with van der Waals surface area (Å²) in [7, 11) is 0. The highest BCUT2D eigenvalue weighted by atomic mass is 32.1. The number of nitrogens with one attached hydrogen (secondary N) is 1. The fourth-order valence-corrected chi connectivity index (χ4v) is 2.78. The van der Waals surface area contributed by atoms with E-state index in [-0.39, 0.29) is 0 Å². The molecule has 2 heterocycles. The lowest BCUT2D eigenvalue weighted by Gasteiger charge is -1.98. The van der Waals surface area contributed by atoms with E-state index in [0.29, 0.717) is 12.4 Å². The van der Waals surface area contributed by atoms with Crippen LogP contribution in [-0.4, -0.2) is 10.1 Å². The normalized spacial score (nSPS) is 10.7. The number of nitrogens with zero attached hydrogens (tertiary/aromatic N) is 2. The monoisotopic (exact) mass is 271 g/mol. The molecule has 3 rings (SSSR count). The van der Waals surface area contributed by atoms with Gasteiger partial charge in [-0.25, -0.2) is 0 Å². The fourth-order valence-electron chi connectivity index (χ4n) is 1.80. The summed E-state index contributed by atoms with van der Waals surface area (Å²) < 4.78 is 4.68. The van der Waals surface area contributed by atoms with Crippen molar-refractivity contribution < 1.29 is 4.52 Å². The van der Waals surface area contributed by atoms with Gasteiger partial charge in [0.15, 0.2) is 5.82 Å². The zero-order valence-corrected chi connectivity index (χ0v) is 11.1. The second kappa shape index (κ2) is 5.77. The Balaban J connectivity index is 1.59. The molecule has 0 radical (unpaired) electrons. The highest BCUT2D eigenvalue weighted by Gasteiger charge is 2.03. The van der Waals surface area contributed by atoms with Gasteiger partial charge in [-0.05, 0) is 17.7 Å². The zero-order chi connectivity index (χ0) is 12.9. The van der Waals surface area contributed by atoms with Gasteiger partial charge in [-0.1, -0.05) is 35.5 Å². The molecule has 0 saturated heterocycles. The maximum Gasteiger partial charge on any atom is 0.213 e. The molecule has 0 saturated carbocycles. The summed E-state index contributed by atoms with van der Waals surface area (Å²) in [6, 6.07) is 14.7. The second-order valence-electron chi connectivity index (χ2n) is 4.08. The SMILES string of the molecule is c1ccc(-c2ccc(CNCc3ncon3)s2)cc1. The van der Waals surface area contributed by atoms with E-state index in [2.05, 4.69) is 56.4 Å². The van der Waals surface area contributed by atoms with Crippen LogP contribution in [0.15, 0.2) is 53.4 Å². The second-order valence-corrected chi connectivity index (χ2v) is 5.25. The lowest BCUT2D eigenvalue weighted by molar-refractivity contribution is 0.407. The van der Waals surface area contributed by atoms with Crippen molar-refractivity contribution in [3.63, 3.8) is 0 Å².